The summed E-state index contributed by atoms with van der Waals surface area (Å²) in [6.45, 7) is 0.498. The Bertz CT molecular complexity index is 784. The van der Waals surface area contributed by atoms with Gasteiger partial charge in [0, 0.05) is 9.92 Å². The largest absolute Gasteiger partial charge is 0.481 e. The van der Waals surface area contributed by atoms with Gasteiger partial charge in [-0.25, -0.2) is 0 Å². The first-order chi connectivity index (χ1) is 12.6. The topological polar surface area (TPSA) is 79.5 Å². The number of thioether (sulfide) groups is 1. The summed E-state index contributed by atoms with van der Waals surface area (Å²) in [7, 11) is 5.83. The van der Waals surface area contributed by atoms with Gasteiger partial charge in [0.25, 0.3) is 5.91 Å². The van der Waals surface area contributed by atoms with Gasteiger partial charge < -0.3 is 19.3 Å². The fourth-order valence-corrected chi connectivity index (χ4v) is 3.47. The van der Waals surface area contributed by atoms with E-state index in [0.717, 1.165) is 4.90 Å². The van der Waals surface area contributed by atoms with Crippen molar-refractivity contribution >= 4 is 35.2 Å². The van der Waals surface area contributed by atoms with Gasteiger partial charge in [0.15, 0.2) is 5.76 Å². The van der Waals surface area contributed by atoms with Crippen LogP contribution in [0.25, 0.3) is 0 Å². The van der Waals surface area contributed by atoms with Gasteiger partial charge in [0.2, 0.25) is 0 Å². The average Bonchev–Trinajstić information content (AvgIpc) is 3.01. The molecule has 0 fully saturated rings. The van der Waals surface area contributed by atoms with Crippen molar-refractivity contribution in [3.05, 3.63) is 52.9 Å². The predicted molar refractivity (Wildman–Crippen MR) is 106 cm³/mol. The third-order valence-corrected chi connectivity index (χ3v) is 4.89. The number of carbonyl (C=O) groups excluding carboxylic acids is 1. The maximum absolute atomic E-state index is 12.4. The van der Waals surface area contributed by atoms with E-state index in [-0.39, 0.29) is 12.2 Å². The third kappa shape index (κ3) is 7.66. The minimum Gasteiger partial charge on any atom is -0.481 e. The summed E-state index contributed by atoms with van der Waals surface area (Å²) in [5.74, 6) is 0.0671. The molecule has 1 heterocycles. The van der Waals surface area contributed by atoms with Crippen LogP contribution < -0.4 is 5.32 Å². The first kappa shape index (κ1) is 21.3. The lowest BCUT2D eigenvalue weighted by atomic mass is 10.2. The van der Waals surface area contributed by atoms with E-state index in [2.05, 4.69) is 5.32 Å². The van der Waals surface area contributed by atoms with Crippen molar-refractivity contribution in [2.75, 3.05) is 27.7 Å². The molecule has 0 saturated heterocycles. The van der Waals surface area contributed by atoms with E-state index in [1.807, 2.05) is 45.4 Å². The van der Waals surface area contributed by atoms with Gasteiger partial charge in [-0.3, -0.25) is 9.59 Å². The lowest BCUT2D eigenvalue weighted by Gasteiger charge is -2.28. The maximum Gasteiger partial charge on any atom is 0.305 e. The van der Waals surface area contributed by atoms with Gasteiger partial charge >= 0.3 is 5.97 Å². The molecule has 0 radical (unpaired) electrons. The van der Waals surface area contributed by atoms with Crippen molar-refractivity contribution in [1.29, 1.82) is 0 Å². The van der Waals surface area contributed by atoms with Crippen molar-refractivity contribution < 1.29 is 23.6 Å². The molecule has 1 aromatic heterocycles. The molecule has 1 atom stereocenters. The van der Waals surface area contributed by atoms with Gasteiger partial charge in [0.1, 0.15) is 5.76 Å². The van der Waals surface area contributed by atoms with Gasteiger partial charge in [-0.15, -0.1) is 11.8 Å². The number of likely N-dealkylation sites (N-methyl/N-ethyl adjacent to an activating group) is 1. The minimum atomic E-state index is -0.951. The molecule has 1 aromatic carbocycles. The van der Waals surface area contributed by atoms with Crippen molar-refractivity contribution in [1.82, 2.24) is 5.32 Å². The van der Waals surface area contributed by atoms with Gasteiger partial charge in [-0.1, -0.05) is 11.6 Å². The summed E-state index contributed by atoms with van der Waals surface area (Å²) < 4.78 is 6.16. The third-order valence-electron chi connectivity index (χ3n) is 3.60. The Morgan fingerprint density at radius 3 is 2.44 bits per heavy atom. The van der Waals surface area contributed by atoms with Crippen LogP contribution in [0.3, 0.4) is 0 Å². The second-order valence-corrected chi connectivity index (χ2v) is 8.73. The SMILES string of the molecule is C[N+](C)(C)CC(CC(=O)O)NC(=O)c1ccc(CSc2ccc(Cl)cc2)o1. The zero-order valence-corrected chi connectivity index (χ0v) is 17.1. The highest BCUT2D eigenvalue weighted by Crippen LogP contribution is 2.25. The second-order valence-electron chi connectivity index (χ2n) is 7.25. The van der Waals surface area contributed by atoms with Crippen LogP contribution in [0.2, 0.25) is 5.02 Å². The van der Waals surface area contributed by atoms with Crippen molar-refractivity contribution in [2.24, 2.45) is 0 Å². The summed E-state index contributed by atoms with van der Waals surface area (Å²) in [6.07, 6.45) is -0.138. The van der Waals surface area contributed by atoms with Crippen LogP contribution in [-0.2, 0) is 10.5 Å². The van der Waals surface area contributed by atoms with Crippen LogP contribution in [0.4, 0.5) is 0 Å². The highest BCUT2D eigenvalue weighted by Gasteiger charge is 2.24. The second kappa shape index (κ2) is 9.30. The van der Waals surface area contributed by atoms with E-state index in [0.29, 0.717) is 27.6 Å². The standard InChI is InChI=1S/C19H23ClN2O4S/c1-22(2,3)11-14(10-18(23)24)21-19(25)17-9-6-15(26-17)12-27-16-7-4-13(20)5-8-16/h4-9,14H,10-12H2,1-3H3,(H-,21,23,24,25)/p+1. The van der Waals surface area contributed by atoms with Crippen molar-refractivity contribution in [2.45, 2.75) is 23.1 Å². The molecule has 27 heavy (non-hydrogen) atoms. The summed E-state index contributed by atoms with van der Waals surface area (Å²) in [5, 5.41) is 12.5. The Labute approximate surface area is 168 Å². The normalized spacial score (nSPS) is 12.6. The van der Waals surface area contributed by atoms with Gasteiger partial charge in [-0.2, -0.15) is 0 Å². The van der Waals surface area contributed by atoms with E-state index in [9.17, 15) is 9.59 Å². The Morgan fingerprint density at radius 2 is 1.85 bits per heavy atom. The van der Waals surface area contributed by atoms with Crippen molar-refractivity contribution in [3.63, 3.8) is 0 Å². The molecule has 0 spiro atoms. The van der Waals surface area contributed by atoms with E-state index in [4.69, 9.17) is 21.1 Å². The van der Waals surface area contributed by atoms with E-state index in [1.54, 1.807) is 23.9 Å². The summed E-state index contributed by atoms with van der Waals surface area (Å²) in [5.41, 5.74) is 0. The summed E-state index contributed by atoms with van der Waals surface area (Å²) in [4.78, 5) is 24.5. The van der Waals surface area contributed by atoms with Crippen LogP contribution in [-0.4, -0.2) is 55.2 Å². The molecule has 0 aliphatic heterocycles. The van der Waals surface area contributed by atoms with Crippen LogP contribution in [0.1, 0.15) is 22.7 Å². The Morgan fingerprint density at radius 1 is 1.19 bits per heavy atom. The number of hydrogen-bond acceptors (Lipinski definition) is 4. The number of furan rings is 1. The molecule has 0 aliphatic rings. The number of amides is 1. The number of nitrogens with one attached hydrogen (secondary N) is 1. The average molecular weight is 412 g/mol. The molecule has 1 amide bonds. The highest BCUT2D eigenvalue weighted by atomic mass is 35.5. The molecule has 2 aromatic rings. The number of nitrogens with zero attached hydrogens (tertiary/aromatic N) is 1. The smallest absolute Gasteiger partial charge is 0.305 e. The first-order valence-electron chi connectivity index (χ1n) is 8.42. The number of aliphatic carboxylic acids is 1. The van der Waals surface area contributed by atoms with Crippen LogP contribution >= 0.6 is 23.4 Å². The van der Waals surface area contributed by atoms with E-state index < -0.39 is 17.9 Å². The van der Waals surface area contributed by atoms with E-state index >= 15 is 0 Å². The van der Waals surface area contributed by atoms with Crippen LogP contribution in [0, 0.1) is 0 Å². The van der Waals surface area contributed by atoms with Crippen LogP contribution in [0.5, 0.6) is 0 Å². The molecule has 2 rings (SSSR count). The zero-order chi connectivity index (χ0) is 20.0. The highest BCUT2D eigenvalue weighted by molar-refractivity contribution is 7.98. The summed E-state index contributed by atoms with van der Waals surface area (Å²) in [6, 6.07) is 10.4. The number of carbonyl (C=O) groups is 2. The lowest BCUT2D eigenvalue weighted by Crippen LogP contribution is -2.49. The molecule has 0 bridgehead atoms. The number of halogens is 1. The Hall–Kier alpha value is -1.96. The monoisotopic (exact) mass is 411 g/mol. The molecule has 0 saturated carbocycles. The molecule has 6 nitrogen and oxygen atoms in total. The fraction of sp³-hybridized carbons (Fsp3) is 0.368. The molecule has 2 N–H and O–H groups in total. The number of rotatable bonds is 9. The molecular formula is C19H24ClN2O4S+. The summed E-state index contributed by atoms with van der Waals surface area (Å²) >= 11 is 7.44. The maximum atomic E-state index is 12.4. The zero-order valence-electron chi connectivity index (χ0n) is 15.6. The number of benzene rings is 1. The lowest BCUT2D eigenvalue weighted by molar-refractivity contribution is -0.871. The number of carboxylic acids is 1. The Kier molecular flexibility index (Phi) is 7.35. The minimum absolute atomic E-state index is 0.138. The van der Waals surface area contributed by atoms with Crippen LogP contribution in [0.15, 0.2) is 45.7 Å². The number of carboxylic acid groups (broad SMARTS) is 1. The quantitative estimate of drug-likeness (QED) is 0.487. The van der Waals surface area contributed by atoms with Gasteiger partial charge in [-0.05, 0) is 36.4 Å². The number of hydrogen-bond donors (Lipinski definition) is 2. The van der Waals surface area contributed by atoms with Crippen molar-refractivity contribution in [3.8, 4) is 0 Å². The predicted octanol–water partition coefficient (Wildman–Crippen LogP) is 3.50. The molecule has 146 valence electrons. The fourth-order valence-electron chi connectivity index (χ4n) is 2.55. The molecular weight excluding hydrogens is 388 g/mol. The van der Waals surface area contributed by atoms with Gasteiger partial charge in [0.05, 0.1) is 45.9 Å². The molecule has 8 heteroatoms. The number of quaternary nitrogens is 1. The first-order valence-corrected chi connectivity index (χ1v) is 9.79. The Balaban J connectivity index is 1.95. The molecule has 1 unspecified atom stereocenters. The van der Waals surface area contributed by atoms with E-state index in [1.165, 1.54) is 0 Å². The molecule has 0 aliphatic carbocycles.